The van der Waals surface area contributed by atoms with E-state index in [0.717, 1.165) is 37.5 Å². The number of hydrogen-bond donors (Lipinski definition) is 2. The van der Waals surface area contributed by atoms with Crippen molar-refractivity contribution in [2.45, 2.75) is 89.1 Å². The first-order chi connectivity index (χ1) is 10.4. The van der Waals surface area contributed by atoms with Gasteiger partial charge in [0.1, 0.15) is 5.60 Å². The van der Waals surface area contributed by atoms with Gasteiger partial charge in [-0.05, 0) is 68.1 Å². The monoisotopic (exact) mass is 306 g/mol. The highest BCUT2D eigenvalue weighted by Crippen LogP contribution is 2.73. The SMILES string of the molecule is C[C@]12CCC3C(C[C@H]4O[C@]45C[C@@H](O)CC[C@]35C)C1CC[C@@H]2O. The molecule has 3 heteroatoms. The average molecular weight is 306 g/mol. The van der Waals surface area contributed by atoms with Crippen LogP contribution in [0.4, 0.5) is 0 Å². The normalized spacial score (nSPS) is 66.0. The molecule has 3 unspecified atom stereocenters. The maximum absolute atomic E-state index is 10.5. The number of fused-ring (bicyclic) bond motifs is 4. The van der Waals surface area contributed by atoms with Crippen LogP contribution in [0.5, 0.6) is 0 Å². The Kier molecular flexibility index (Phi) is 2.65. The third-order valence-corrected chi connectivity index (χ3v) is 9.01. The lowest BCUT2D eigenvalue weighted by atomic mass is 9.45. The van der Waals surface area contributed by atoms with Crippen molar-refractivity contribution in [1.82, 2.24) is 0 Å². The Labute approximate surface area is 133 Å². The molecule has 5 rings (SSSR count). The Hall–Kier alpha value is -0.120. The van der Waals surface area contributed by atoms with Crippen LogP contribution in [0.25, 0.3) is 0 Å². The van der Waals surface area contributed by atoms with Crippen molar-refractivity contribution in [1.29, 1.82) is 0 Å². The van der Waals surface area contributed by atoms with E-state index in [1.54, 1.807) is 0 Å². The summed E-state index contributed by atoms with van der Waals surface area (Å²) in [6.07, 6.45) is 8.88. The van der Waals surface area contributed by atoms with E-state index < -0.39 is 0 Å². The summed E-state index contributed by atoms with van der Waals surface area (Å²) in [7, 11) is 0. The van der Waals surface area contributed by atoms with Crippen LogP contribution in [-0.4, -0.2) is 34.1 Å². The van der Waals surface area contributed by atoms with Gasteiger partial charge in [0.25, 0.3) is 0 Å². The summed E-state index contributed by atoms with van der Waals surface area (Å²) >= 11 is 0. The van der Waals surface area contributed by atoms with Gasteiger partial charge in [-0.1, -0.05) is 13.8 Å². The lowest BCUT2D eigenvalue weighted by Gasteiger charge is -2.58. The van der Waals surface area contributed by atoms with Gasteiger partial charge in [-0.15, -0.1) is 0 Å². The fourth-order valence-electron chi connectivity index (χ4n) is 7.63. The van der Waals surface area contributed by atoms with Crippen LogP contribution in [0.3, 0.4) is 0 Å². The fourth-order valence-corrected chi connectivity index (χ4v) is 7.63. The molecule has 0 amide bonds. The van der Waals surface area contributed by atoms with E-state index in [1.807, 2.05) is 0 Å². The molecule has 1 saturated heterocycles. The van der Waals surface area contributed by atoms with Crippen molar-refractivity contribution in [3.63, 3.8) is 0 Å². The number of rotatable bonds is 0. The quantitative estimate of drug-likeness (QED) is 0.677. The van der Waals surface area contributed by atoms with Gasteiger partial charge in [0.2, 0.25) is 0 Å². The van der Waals surface area contributed by atoms with E-state index >= 15 is 0 Å². The van der Waals surface area contributed by atoms with Crippen molar-refractivity contribution in [2.24, 2.45) is 28.6 Å². The standard InChI is InChI=1S/C19H30O3/c1-17-7-6-14-12(13(17)3-4-15(17)21)9-16-19(22-16)10-11(20)5-8-18(14,19)2/h11-16,20-21H,3-10H2,1-2H3/t11-,12?,13?,14?,15-,16+,17-,18+,19+/m0/s1. The number of aliphatic hydroxyl groups is 2. The summed E-state index contributed by atoms with van der Waals surface area (Å²) < 4.78 is 6.32. The smallest absolute Gasteiger partial charge is 0.103 e. The Balaban J connectivity index is 1.51. The minimum Gasteiger partial charge on any atom is -0.393 e. The zero-order chi connectivity index (χ0) is 15.3. The maximum Gasteiger partial charge on any atom is 0.103 e. The van der Waals surface area contributed by atoms with Gasteiger partial charge in [0, 0.05) is 11.8 Å². The van der Waals surface area contributed by atoms with Gasteiger partial charge in [-0.2, -0.15) is 0 Å². The Morgan fingerprint density at radius 1 is 0.955 bits per heavy atom. The molecule has 3 nitrogen and oxygen atoms in total. The lowest BCUT2D eigenvalue weighted by molar-refractivity contribution is -0.121. The highest BCUT2D eigenvalue weighted by atomic mass is 16.6. The van der Waals surface area contributed by atoms with Crippen molar-refractivity contribution < 1.29 is 14.9 Å². The largest absolute Gasteiger partial charge is 0.393 e. The molecule has 4 aliphatic carbocycles. The predicted molar refractivity (Wildman–Crippen MR) is 83.2 cm³/mol. The van der Waals surface area contributed by atoms with E-state index in [9.17, 15) is 10.2 Å². The van der Waals surface area contributed by atoms with E-state index in [0.29, 0.717) is 12.0 Å². The molecule has 5 aliphatic rings. The molecule has 0 radical (unpaired) electrons. The zero-order valence-electron chi connectivity index (χ0n) is 13.9. The van der Waals surface area contributed by atoms with Crippen LogP contribution in [0.15, 0.2) is 0 Å². The Morgan fingerprint density at radius 3 is 2.59 bits per heavy atom. The highest BCUT2D eigenvalue weighted by molar-refractivity contribution is 5.24. The molecule has 5 fully saturated rings. The van der Waals surface area contributed by atoms with Crippen molar-refractivity contribution in [3.8, 4) is 0 Å². The van der Waals surface area contributed by atoms with E-state index in [1.165, 1.54) is 25.7 Å². The first-order valence-electron chi connectivity index (χ1n) is 9.45. The van der Waals surface area contributed by atoms with Gasteiger partial charge in [-0.3, -0.25) is 0 Å². The van der Waals surface area contributed by atoms with Crippen LogP contribution < -0.4 is 0 Å². The molecular weight excluding hydrogens is 276 g/mol. The fraction of sp³-hybridized carbons (Fsp3) is 1.00. The summed E-state index contributed by atoms with van der Waals surface area (Å²) in [6, 6.07) is 0. The summed E-state index contributed by atoms with van der Waals surface area (Å²) in [5, 5.41) is 20.7. The van der Waals surface area contributed by atoms with Gasteiger partial charge in [-0.25, -0.2) is 0 Å². The molecular formula is C19H30O3. The molecule has 2 N–H and O–H groups in total. The second kappa shape index (κ2) is 4.10. The van der Waals surface area contributed by atoms with Gasteiger partial charge >= 0.3 is 0 Å². The number of epoxide rings is 1. The van der Waals surface area contributed by atoms with Crippen LogP contribution in [0.1, 0.15) is 65.2 Å². The van der Waals surface area contributed by atoms with Crippen molar-refractivity contribution in [2.75, 3.05) is 0 Å². The van der Waals surface area contributed by atoms with E-state index in [-0.39, 0.29) is 28.6 Å². The second-order valence-corrected chi connectivity index (χ2v) is 9.56. The van der Waals surface area contributed by atoms with Crippen LogP contribution >= 0.6 is 0 Å². The Morgan fingerprint density at radius 2 is 1.77 bits per heavy atom. The Bertz CT molecular complexity index is 507. The van der Waals surface area contributed by atoms with Crippen LogP contribution in [-0.2, 0) is 4.74 Å². The van der Waals surface area contributed by atoms with Crippen molar-refractivity contribution >= 4 is 0 Å². The first kappa shape index (κ1) is 14.2. The molecule has 0 aromatic rings. The number of ether oxygens (including phenoxy) is 1. The third kappa shape index (κ3) is 1.45. The molecule has 1 spiro atoms. The van der Waals surface area contributed by atoms with Gasteiger partial charge < -0.3 is 14.9 Å². The molecule has 124 valence electrons. The molecule has 4 saturated carbocycles. The van der Waals surface area contributed by atoms with Crippen LogP contribution in [0.2, 0.25) is 0 Å². The van der Waals surface area contributed by atoms with E-state index in [4.69, 9.17) is 4.74 Å². The van der Waals surface area contributed by atoms with Gasteiger partial charge in [0.15, 0.2) is 0 Å². The maximum atomic E-state index is 10.5. The molecule has 22 heavy (non-hydrogen) atoms. The zero-order valence-corrected chi connectivity index (χ0v) is 13.9. The third-order valence-electron chi connectivity index (χ3n) is 9.01. The lowest BCUT2D eigenvalue weighted by Crippen LogP contribution is -2.58. The molecule has 0 aromatic carbocycles. The van der Waals surface area contributed by atoms with Crippen molar-refractivity contribution in [3.05, 3.63) is 0 Å². The number of hydrogen-bond acceptors (Lipinski definition) is 3. The average Bonchev–Trinajstić information content (AvgIpc) is 3.08. The first-order valence-corrected chi connectivity index (χ1v) is 9.45. The summed E-state index contributed by atoms with van der Waals surface area (Å²) in [4.78, 5) is 0. The summed E-state index contributed by atoms with van der Waals surface area (Å²) in [5.74, 6) is 2.16. The number of aliphatic hydroxyl groups excluding tert-OH is 2. The highest BCUT2D eigenvalue weighted by Gasteiger charge is 2.75. The van der Waals surface area contributed by atoms with Gasteiger partial charge in [0.05, 0.1) is 18.3 Å². The second-order valence-electron chi connectivity index (χ2n) is 9.56. The molecule has 0 aromatic heterocycles. The molecule has 9 atom stereocenters. The summed E-state index contributed by atoms with van der Waals surface area (Å²) in [6.45, 7) is 4.80. The van der Waals surface area contributed by atoms with Crippen LogP contribution in [0, 0.1) is 28.6 Å². The molecule has 1 aliphatic heterocycles. The minimum atomic E-state index is -0.156. The molecule has 0 bridgehead atoms. The van der Waals surface area contributed by atoms with E-state index in [2.05, 4.69) is 13.8 Å². The molecule has 1 heterocycles. The topological polar surface area (TPSA) is 53.0 Å². The predicted octanol–water partition coefficient (Wildman–Crippen LogP) is 2.88. The minimum absolute atomic E-state index is 0.00318. The summed E-state index contributed by atoms with van der Waals surface area (Å²) in [5.41, 5.74) is 0.409.